The SMILES string of the molecule is CCCCCCCCc1ccc(NC(=S)Nc2ccc(C#N)cc2)cc1. The predicted octanol–water partition coefficient (Wildman–Crippen LogP) is 6.27. The summed E-state index contributed by atoms with van der Waals surface area (Å²) < 4.78 is 0. The van der Waals surface area contributed by atoms with E-state index in [4.69, 9.17) is 17.5 Å². The van der Waals surface area contributed by atoms with Gasteiger partial charge in [0.2, 0.25) is 0 Å². The number of hydrogen-bond donors (Lipinski definition) is 2. The van der Waals surface area contributed by atoms with E-state index in [1.54, 1.807) is 12.1 Å². The van der Waals surface area contributed by atoms with Crippen molar-refractivity contribution in [2.45, 2.75) is 51.9 Å². The molecule has 26 heavy (non-hydrogen) atoms. The number of thiocarbonyl (C=S) groups is 1. The lowest BCUT2D eigenvalue weighted by Gasteiger charge is -2.11. The van der Waals surface area contributed by atoms with Gasteiger partial charge in [0.15, 0.2) is 5.11 Å². The highest BCUT2D eigenvalue weighted by Crippen LogP contribution is 2.15. The van der Waals surface area contributed by atoms with Gasteiger partial charge in [-0.05, 0) is 67.0 Å². The second-order valence-electron chi connectivity index (χ2n) is 6.48. The molecule has 4 heteroatoms. The first kappa shape index (κ1) is 19.9. The van der Waals surface area contributed by atoms with E-state index in [-0.39, 0.29) is 0 Å². The molecule has 2 aromatic carbocycles. The first-order chi connectivity index (χ1) is 12.7. The van der Waals surface area contributed by atoms with E-state index in [9.17, 15) is 0 Å². The Morgan fingerprint density at radius 2 is 1.38 bits per heavy atom. The van der Waals surface area contributed by atoms with E-state index in [0.717, 1.165) is 17.8 Å². The van der Waals surface area contributed by atoms with Crippen LogP contribution in [0.4, 0.5) is 11.4 Å². The third-order valence-corrected chi connectivity index (χ3v) is 4.51. The van der Waals surface area contributed by atoms with Crippen LogP contribution >= 0.6 is 12.2 Å². The van der Waals surface area contributed by atoms with Crippen molar-refractivity contribution in [1.29, 1.82) is 5.26 Å². The number of aryl methyl sites for hydroxylation is 1. The zero-order chi connectivity index (χ0) is 18.6. The monoisotopic (exact) mass is 365 g/mol. The summed E-state index contributed by atoms with van der Waals surface area (Å²) in [7, 11) is 0. The molecular weight excluding hydrogens is 338 g/mol. The molecule has 0 aromatic heterocycles. The number of benzene rings is 2. The molecule has 0 saturated carbocycles. The largest absolute Gasteiger partial charge is 0.332 e. The Kier molecular flexibility index (Phi) is 8.65. The Morgan fingerprint density at radius 3 is 1.96 bits per heavy atom. The zero-order valence-corrected chi connectivity index (χ0v) is 16.2. The summed E-state index contributed by atoms with van der Waals surface area (Å²) >= 11 is 5.35. The number of unbranched alkanes of at least 4 members (excludes halogenated alkanes) is 5. The number of nitrogens with one attached hydrogen (secondary N) is 2. The minimum atomic E-state index is 0.540. The molecule has 0 aliphatic carbocycles. The standard InChI is InChI=1S/C22H27N3S/c1-2-3-4-5-6-7-8-18-9-13-20(14-10-18)24-22(26)25-21-15-11-19(17-23)12-16-21/h9-16H,2-8H2,1H3,(H2,24,25,26). The van der Waals surface area contributed by atoms with Crippen molar-refractivity contribution < 1.29 is 0 Å². The number of anilines is 2. The predicted molar refractivity (Wildman–Crippen MR) is 115 cm³/mol. The van der Waals surface area contributed by atoms with Crippen LogP contribution in [0.5, 0.6) is 0 Å². The molecule has 136 valence electrons. The quantitative estimate of drug-likeness (QED) is 0.406. The van der Waals surface area contributed by atoms with Crippen LogP contribution in [0.1, 0.15) is 56.6 Å². The molecule has 0 aliphatic heterocycles. The Bertz CT molecular complexity index is 715. The minimum absolute atomic E-state index is 0.540. The average molecular weight is 366 g/mol. The van der Waals surface area contributed by atoms with Gasteiger partial charge in [-0.15, -0.1) is 0 Å². The second-order valence-corrected chi connectivity index (χ2v) is 6.89. The van der Waals surface area contributed by atoms with Gasteiger partial charge in [-0.3, -0.25) is 0 Å². The maximum Gasteiger partial charge on any atom is 0.175 e. The fourth-order valence-corrected chi connectivity index (χ4v) is 3.02. The molecule has 0 aliphatic rings. The Hall–Kier alpha value is -2.38. The topological polar surface area (TPSA) is 47.8 Å². The third-order valence-electron chi connectivity index (χ3n) is 4.30. The fraction of sp³-hybridized carbons (Fsp3) is 0.364. The van der Waals surface area contributed by atoms with E-state index in [1.807, 2.05) is 12.1 Å². The molecule has 2 aromatic rings. The van der Waals surface area contributed by atoms with Gasteiger partial charge in [0.05, 0.1) is 11.6 Å². The summed E-state index contributed by atoms with van der Waals surface area (Å²) in [5.74, 6) is 0. The molecule has 0 amide bonds. The average Bonchev–Trinajstić information content (AvgIpc) is 2.66. The lowest BCUT2D eigenvalue weighted by atomic mass is 10.0. The van der Waals surface area contributed by atoms with Crippen molar-refractivity contribution in [2.24, 2.45) is 0 Å². The van der Waals surface area contributed by atoms with Crippen LogP contribution in [0, 0.1) is 11.3 Å². The summed E-state index contributed by atoms with van der Waals surface area (Å²) in [4.78, 5) is 0. The smallest absolute Gasteiger partial charge is 0.175 e. The fourth-order valence-electron chi connectivity index (χ4n) is 2.79. The van der Waals surface area contributed by atoms with Gasteiger partial charge < -0.3 is 10.6 Å². The van der Waals surface area contributed by atoms with Crippen LogP contribution in [-0.2, 0) is 6.42 Å². The summed E-state index contributed by atoms with van der Waals surface area (Å²) in [5, 5.41) is 15.7. The van der Waals surface area contributed by atoms with Gasteiger partial charge >= 0.3 is 0 Å². The molecule has 0 radical (unpaired) electrons. The Labute approximate surface area is 162 Å². The molecule has 0 bridgehead atoms. The first-order valence-electron chi connectivity index (χ1n) is 9.38. The van der Waals surface area contributed by atoms with Crippen molar-refractivity contribution in [1.82, 2.24) is 0 Å². The van der Waals surface area contributed by atoms with E-state index in [0.29, 0.717) is 10.7 Å². The van der Waals surface area contributed by atoms with E-state index >= 15 is 0 Å². The van der Waals surface area contributed by atoms with Gasteiger partial charge in [-0.25, -0.2) is 0 Å². The normalized spacial score (nSPS) is 10.2. The molecule has 0 atom stereocenters. The number of hydrogen-bond acceptors (Lipinski definition) is 2. The van der Waals surface area contributed by atoms with Crippen LogP contribution in [0.3, 0.4) is 0 Å². The van der Waals surface area contributed by atoms with Crippen LogP contribution in [-0.4, -0.2) is 5.11 Å². The maximum absolute atomic E-state index is 8.82. The highest BCUT2D eigenvalue weighted by atomic mass is 32.1. The van der Waals surface area contributed by atoms with Gasteiger partial charge in [-0.1, -0.05) is 51.2 Å². The van der Waals surface area contributed by atoms with Crippen molar-refractivity contribution in [3.8, 4) is 6.07 Å². The summed E-state index contributed by atoms with van der Waals surface area (Å²) in [6.45, 7) is 2.25. The number of rotatable bonds is 9. The van der Waals surface area contributed by atoms with E-state index in [2.05, 4.69) is 47.9 Å². The maximum atomic E-state index is 8.82. The lowest BCUT2D eigenvalue weighted by molar-refractivity contribution is 0.607. The van der Waals surface area contributed by atoms with Crippen LogP contribution in [0.2, 0.25) is 0 Å². The van der Waals surface area contributed by atoms with Crippen molar-refractivity contribution in [2.75, 3.05) is 10.6 Å². The van der Waals surface area contributed by atoms with Gasteiger partial charge in [0.1, 0.15) is 0 Å². The molecule has 0 unspecified atom stereocenters. The number of nitriles is 1. The first-order valence-corrected chi connectivity index (χ1v) is 9.79. The van der Waals surface area contributed by atoms with Crippen molar-refractivity contribution in [3.05, 3.63) is 59.7 Å². The molecule has 0 saturated heterocycles. The van der Waals surface area contributed by atoms with Crippen LogP contribution < -0.4 is 10.6 Å². The highest BCUT2D eigenvalue weighted by molar-refractivity contribution is 7.80. The minimum Gasteiger partial charge on any atom is -0.332 e. The van der Waals surface area contributed by atoms with Gasteiger partial charge in [-0.2, -0.15) is 5.26 Å². The zero-order valence-electron chi connectivity index (χ0n) is 15.4. The van der Waals surface area contributed by atoms with Crippen LogP contribution in [0.15, 0.2) is 48.5 Å². The summed E-state index contributed by atoms with van der Waals surface area (Å²) in [6.07, 6.45) is 9.09. The molecule has 2 rings (SSSR count). The van der Waals surface area contributed by atoms with Crippen molar-refractivity contribution >= 4 is 28.7 Å². The molecule has 3 nitrogen and oxygen atoms in total. The second kappa shape index (κ2) is 11.3. The molecule has 0 spiro atoms. The van der Waals surface area contributed by atoms with Gasteiger partial charge in [0.25, 0.3) is 0 Å². The molecule has 0 fully saturated rings. The summed E-state index contributed by atoms with van der Waals surface area (Å²) in [5.41, 5.74) is 3.84. The summed E-state index contributed by atoms with van der Waals surface area (Å²) in [6, 6.07) is 17.8. The Morgan fingerprint density at radius 1 is 0.846 bits per heavy atom. The van der Waals surface area contributed by atoms with E-state index < -0.39 is 0 Å². The number of nitrogens with zero attached hydrogens (tertiary/aromatic N) is 1. The molecular formula is C22H27N3S. The highest BCUT2D eigenvalue weighted by Gasteiger charge is 2.00. The van der Waals surface area contributed by atoms with Crippen molar-refractivity contribution in [3.63, 3.8) is 0 Å². The molecule has 0 heterocycles. The van der Waals surface area contributed by atoms with E-state index in [1.165, 1.54) is 44.1 Å². The lowest BCUT2D eigenvalue weighted by Crippen LogP contribution is -2.18. The third kappa shape index (κ3) is 7.25. The molecule has 2 N–H and O–H groups in total. The Balaban J connectivity index is 1.73. The van der Waals surface area contributed by atoms with Crippen LogP contribution in [0.25, 0.3) is 0 Å². The van der Waals surface area contributed by atoms with Gasteiger partial charge in [0, 0.05) is 11.4 Å².